The molecule has 0 spiro atoms. The van der Waals surface area contributed by atoms with Crippen LogP contribution in [0.25, 0.3) is 0 Å². The molecular weight excluding hydrogens is 194 g/mol. The van der Waals surface area contributed by atoms with Gasteiger partial charge in [0.05, 0.1) is 0 Å². The molecule has 78 valence electrons. The third-order valence-electron chi connectivity index (χ3n) is 2.95. The van der Waals surface area contributed by atoms with Crippen molar-refractivity contribution in [2.45, 2.75) is 45.1 Å². The second kappa shape index (κ2) is 4.73. The highest BCUT2D eigenvalue weighted by atomic mass is 32.1. The van der Waals surface area contributed by atoms with Crippen molar-refractivity contribution >= 4 is 16.7 Å². The van der Waals surface area contributed by atoms with Crippen LogP contribution in [0.4, 0.5) is 5.13 Å². The Morgan fingerprint density at radius 1 is 1.36 bits per heavy atom. The van der Waals surface area contributed by atoms with E-state index in [9.17, 15) is 0 Å². The van der Waals surface area contributed by atoms with Crippen LogP contribution in [0.15, 0.2) is 6.33 Å². The third kappa shape index (κ3) is 2.67. The molecule has 3 nitrogen and oxygen atoms in total. The highest BCUT2D eigenvalue weighted by molar-refractivity contribution is 7.09. The maximum Gasteiger partial charge on any atom is 0.202 e. The Bertz CT molecular complexity index is 260. The SMILES string of the molecule is CC1CCCC(Nc2ncns2)CC1. The largest absolute Gasteiger partial charge is 0.358 e. The summed E-state index contributed by atoms with van der Waals surface area (Å²) in [6.45, 7) is 2.35. The molecule has 2 unspecified atom stereocenters. The average molecular weight is 211 g/mol. The van der Waals surface area contributed by atoms with Crippen molar-refractivity contribution in [3.05, 3.63) is 6.33 Å². The summed E-state index contributed by atoms with van der Waals surface area (Å²) in [5.74, 6) is 0.899. The third-order valence-corrected chi connectivity index (χ3v) is 3.54. The molecule has 0 saturated heterocycles. The molecule has 1 fully saturated rings. The fourth-order valence-corrected chi connectivity index (χ4v) is 2.55. The first-order chi connectivity index (χ1) is 6.84. The minimum atomic E-state index is 0.618. The zero-order chi connectivity index (χ0) is 9.80. The van der Waals surface area contributed by atoms with Gasteiger partial charge in [0.25, 0.3) is 0 Å². The summed E-state index contributed by atoms with van der Waals surface area (Å²) < 4.78 is 3.99. The molecule has 1 heterocycles. The Hall–Kier alpha value is -0.640. The fourth-order valence-electron chi connectivity index (χ4n) is 2.04. The Morgan fingerprint density at radius 2 is 2.29 bits per heavy atom. The summed E-state index contributed by atoms with van der Waals surface area (Å²) in [7, 11) is 0. The van der Waals surface area contributed by atoms with Gasteiger partial charge in [0.15, 0.2) is 0 Å². The smallest absolute Gasteiger partial charge is 0.202 e. The second-order valence-corrected chi connectivity index (χ2v) is 4.98. The molecule has 2 atom stereocenters. The number of anilines is 1. The molecule has 0 radical (unpaired) electrons. The van der Waals surface area contributed by atoms with Crippen LogP contribution in [0.1, 0.15) is 39.0 Å². The van der Waals surface area contributed by atoms with Crippen LogP contribution in [0.2, 0.25) is 0 Å². The van der Waals surface area contributed by atoms with E-state index in [0.29, 0.717) is 6.04 Å². The highest BCUT2D eigenvalue weighted by Crippen LogP contribution is 2.24. The molecule has 1 aromatic heterocycles. The standard InChI is InChI=1S/C10H17N3S/c1-8-3-2-4-9(6-5-8)13-10-11-7-12-14-10/h7-9H,2-6H2,1H3,(H,11,12,13). The second-order valence-electron chi connectivity index (χ2n) is 4.20. The van der Waals surface area contributed by atoms with Crippen LogP contribution in [-0.4, -0.2) is 15.4 Å². The molecule has 1 saturated carbocycles. The van der Waals surface area contributed by atoms with E-state index in [1.807, 2.05) is 0 Å². The van der Waals surface area contributed by atoms with E-state index in [0.717, 1.165) is 11.0 Å². The quantitative estimate of drug-likeness (QED) is 0.764. The van der Waals surface area contributed by atoms with Crippen molar-refractivity contribution in [3.8, 4) is 0 Å². The molecule has 0 bridgehead atoms. The Kier molecular flexibility index (Phi) is 3.35. The van der Waals surface area contributed by atoms with Gasteiger partial charge in [0, 0.05) is 17.6 Å². The Balaban J connectivity index is 1.86. The number of rotatable bonds is 2. The van der Waals surface area contributed by atoms with E-state index < -0.39 is 0 Å². The maximum absolute atomic E-state index is 4.16. The molecule has 1 aromatic rings. The van der Waals surface area contributed by atoms with Gasteiger partial charge < -0.3 is 5.32 Å². The molecule has 0 aliphatic heterocycles. The summed E-state index contributed by atoms with van der Waals surface area (Å²) in [5, 5.41) is 4.44. The van der Waals surface area contributed by atoms with Gasteiger partial charge in [-0.3, -0.25) is 0 Å². The summed E-state index contributed by atoms with van der Waals surface area (Å²) in [4.78, 5) is 4.16. The van der Waals surface area contributed by atoms with Crippen molar-refractivity contribution in [2.24, 2.45) is 5.92 Å². The summed E-state index contributed by atoms with van der Waals surface area (Å²) in [6, 6.07) is 0.618. The van der Waals surface area contributed by atoms with Gasteiger partial charge in [0.2, 0.25) is 5.13 Å². The minimum Gasteiger partial charge on any atom is -0.358 e. The molecule has 0 aromatic carbocycles. The Morgan fingerprint density at radius 3 is 3.07 bits per heavy atom. The number of nitrogens with zero attached hydrogens (tertiary/aromatic N) is 2. The predicted octanol–water partition coefficient (Wildman–Crippen LogP) is 2.92. The number of aromatic nitrogens is 2. The van der Waals surface area contributed by atoms with Crippen molar-refractivity contribution in [1.82, 2.24) is 9.36 Å². The van der Waals surface area contributed by atoms with Crippen molar-refractivity contribution in [2.75, 3.05) is 5.32 Å². The van der Waals surface area contributed by atoms with Gasteiger partial charge in [-0.1, -0.05) is 19.8 Å². The summed E-state index contributed by atoms with van der Waals surface area (Å²) in [5.41, 5.74) is 0. The minimum absolute atomic E-state index is 0.618. The van der Waals surface area contributed by atoms with E-state index in [1.165, 1.54) is 43.6 Å². The van der Waals surface area contributed by atoms with Crippen LogP contribution >= 0.6 is 11.5 Å². The van der Waals surface area contributed by atoms with Crippen LogP contribution in [0, 0.1) is 5.92 Å². The maximum atomic E-state index is 4.16. The van der Waals surface area contributed by atoms with Crippen LogP contribution in [0.3, 0.4) is 0 Å². The van der Waals surface area contributed by atoms with E-state index in [2.05, 4.69) is 21.6 Å². The topological polar surface area (TPSA) is 37.8 Å². The molecule has 1 aliphatic carbocycles. The van der Waals surface area contributed by atoms with E-state index in [4.69, 9.17) is 0 Å². The van der Waals surface area contributed by atoms with E-state index >= 15 is 0 Å². The average Bonchev–Trinajstić information content (AvgIpc) is 2.58. The lowest BCUT2D eigenvalue weighted by Crippen LogP contribution is -2.18. The highest BCUT2D eigenvalue weighted by Gasteiger charge is 2.16. The molecule has 14 heavy (non-hydrogen) atoms. The van der Waals surface area contributed by atoms with E-state index in [1.54, 1.807) is 6.33 Å². The van der Waals surface area contributed by atoms with Gasteiger partial charge in [0.1, 0.15) is 6.33 Å². The molecular formula is C10H17N3S. The van der Waals surface area contributed by atoms with Crippen LogP contribution < -0.4 is 5.32 Å². The molecule has 4 heteroatoms. The summed E-state index contributed by atoms with van der Waals surface area (Å²) >= 11 is 1.45. The molecule has 2 rings (SSSR count). The molecule has 1 aliphatic rings. The normalized spacial score (nSPS) is 28.4. The Labute approximate surface area is 89.1 Å². The van der Waals surface area contributed by atoms with Crippen molar-refractivity contribution in [3.63, 3.8) is 0 Å². The number of hydrogen-bond acceptors (Lipinski definition) is 4. The van der Waals surface area contributed by atoms with E-state index in [-0.39, 0.29) is 0 Å². The first kappa shape index (κ1) is 9.90. The van der Waals surface area contributed by atoms with Crippen molar-refractivity contribution < 1.29 is 0 Å². The van der Waals surface area contributed by atoms with Crippen LogP contribution in [0.5, 0.6) is 0 Å². The fraction of sp³-hybridized carbons (Fsp3) is 0.800. The molecule has 0 amide bonds. The molecule has 1 N–H and O–H groups in total. The van der Waals surface area contributed by atoms with Gasteiger partial charge in [-0.15, -0.1) is 0 Å². The first-order valence-corrected chi connectivity index (χ1v) is 6.15. The number of nitrogens with one attached hydrogen (secondary N) is 1. The monoisotopic (exact) mass is 211 g/mol. The zero-order valence-corrected chi connectivity index (χ0v) is 9.39. The first-order valence-electron chi connectivity index (χ1n) is 5.38. The lowest BCUT2D eigenvalue weighted by molar-refractivity contribution is 0.502. The van der Waals surface area contributed by atoms with Crippen molar-refractivity contribution in [1.29, 1.82) is 0 Å². The van der Waals surface area contributed by atoms with Gasteiger partial charge in [-0.2, -0.15) is 4.37 Å². The lowest BCUT2D eigenvalue weighted by atomic mass is 10.0. The van der Waals surface area contributed by atoms with Crippen LogP contribution in [-0.2, 0) is 0 Å². The van der Waals surface area contributed by atoms with Gasteiger partial charge in [-0.25, -0.2) is 4.98 Å². The summed E-state index contributed by atoms with van der Waals surface area (Å²) in [6.07, 6.45) is 8.25. The lowest BCUT2D eigenvalue weighted by Gasteiger charge is -2.14. The number of hydrogen-bond donors (Lipinski definition) is 1. The van der Waals surface area contributed by atoms with Gasteiger partial charge in [-0.05, 0) is 25.2 Å². The zero-order valence-electron chi connectivity index (χ0n) is 8.57. The predicted molar refractivity (Wildman–Crippen MR) is 59.6 cm³/mol. The van der Waals surface area contributed by atoms with Gasteiger partial charge >= 0.3 is 0 Å².